The highest BCUT2D eigenvalue weighted by Crippen LogP contribution is 2.23. The molecule has 0 aliphatic rings. The summed E-state index contributed by atoms with van der Waals surface area (Å²) in [5, 5.41) is 13.1. The average Bonchev–Trinajstić information content (AvgIpc) is 2.34. The summed E-state index contributed by atoms with van der Waals surface area (Å²) in [6, 6.07) is 3.56. The van der Waals surface area contributed by atoms with Gasteiger partial charge < -0.3 is 20.9 Å². The van der Waals surface area contributed by atoms with E-state index in [9.17, 15) is 5.11 Å². The quantitative estimate of drug-likeness (QED) is 0.720. The lowest BCUT2D eigenvalue weighted by molar-refractivity contribution is 0.132. The molecule has 5 nitrogen and oxygen atoms in total. The first-order valence-electron chi connectivity index (χ1n) is 7.48. The molecule has 0 aliphatic heterocycles. The number of hydrogen-bond donors (Lipinski definition) is 3. The van der Waals surface area contributed by atoms with Gasteiger partial charge in [0.05, 0.1) is 18.4 Å². The zero-order valence-electron chi connectivity index (χ0n) is 13.8. The third-order valence-corrected chi connectivity index (χ3v) is 2.81. The van der Waals surface area contributed by atoms with Crippen LogP contribution in [0, 0.1) is 11.3 Å². The molecule has 1 aromatic heterocycles. The van der Waals surface area contributed by atoms with Gasteiger partial charge in [0.2, 0.25) is 5.88 Å². The molecule has 0 amide bonds. The Bertz CT molecular complexity index is 442. The van der Waals surface area contributed by atoms with Crippen LogP contribution in [0.3, 0.4) is 0 Å². The maximum absolute atomic E-state index is 10.00. The first-order chi connectivity index (χ1) is 9.67. The van der Waals surface area contributed by atoms with E-state index in [1.807, 2.05) is 0 Å². The Morgan fingerprint density at radius 1 is 1.33 bits per heavy atom. The highest BCUT2D eigenvalue weighted by Gasteiger charge is 2.16. The van der Waals surface area contributed by atoms with Crippen molar-refractivity contribution < 1.29 is 9.84 Å². The van der Waals surface area contributed by atoms with Gasteiger partial charge in [0.1, 0.15) is 5.82 Å². The number of pyridine rings is 1. The molecule has 0 fully saturated rings. The molecule has 4 N–H and O–H groups in total. The number of nitrogen functional groups attached to an aromatic ring is 1. The normalized spacial score (nSPS) is 13.3. The van der Waals surface area contributed by atoms with Crippen LogP contribution in [0.5, 0.6) is 5.88 Å². The van der Waals surface area contributed by atoms with E-state index in [0.29, 0.717) is 36.5 Å². The molecule has 1 aromatic rings. The minimum Gasteiger partial charge on any atom is -0.476 e. The first-order valence-corrected chi connectivity index (χ1v) is 7.48. The number of aliphatic hydroxyl groups excluding tert-OH is 1. The number of nitrogens with two attached hydrogens (primary N) is 1. The summed E-state index contributed by atoms with van der Waals surface area (Å²) >= 11 is 0. The molecule has 0 saturated carbocycles. The maximum atomic E-state index is 10.00. The monoisotopic (exact) mass is 295 g/mol. The Hall–Kier alpha value is -1.49. The van der Waals surface area contributed by atoms with Crippen LogP contribution in [-0.2, 0) is 0 Å². The van der Waals surface area contributed by atoms with Gasteiger partial charge in [-0.3, -0.25) is 0 Å². The fraction of sp³-hybridized carbons (Fsp3) is 0.688. The molecule has 1 unspecified atom stereocenters. The number of anilines is 2. The largest absolute Gasteiger partial charge is 0.476 e. The molecule has 5 heteroatoms. The highest BCUT2D eigenvalue weighted by atomic mass is 16.5. The van der Waals surface area contributed by atoms with E-state index in [0.717, 1.165) is 6.42 Å². The molecule has 0 saturated heterocycles. The van der Waals surface area contributed by atoms with E-state index in [4.69, 9.17) is 10.5 Å². The molecule has 1 heterocycles. The van der Waals surface area contributed by atoms with Crippen LogP contribution in [0.25, 0.3) is 0 Å². The predicted molar refractivity (Wildman–Crippen MR) is 87.6 cm³/mol. The number of nitrogens with zero attached hydrogens (tertiary/aromatic N) is 1. The van der Waals surface area contributed by atoms with Gasteiger partial charge in [-0.05, 0) is 29.9 Å². The van der Waals surface area contributed by atoms with Crippen molar-refractivity contribution in [1.29, 1.82) is 0 Å². The lowest BCUT2D eigenvalue weighted by Crippen LogP contribution is -2.25. The van der Waals surface area contributed by atoms with Crippen molar-refractivity contribution in [3.8, 4) is 5.88 Å². The lowest BCUT2D eigenvalue weighted by atomic mass is 9.89. The molecular formula is C16H29N3O2. The van der Waals surface area contributed by atoms with Crippen LogP contribution < -0.4 is 15.8 Å². The van der Waals surface area contributed by atoms with Gasteiger partial charge in [0.25, 0.3) is 0 Å². The van der Waals surface area contributed by atoms with E-state index < -0.39 is 6.10 Å². The van der Waals surface area contributed by atoms with E-state index in [2.05, 4.69) is 44.9 Å². The Morgan fingerprint density at radius 3 is 2.57 bits per heavy atom. The zero-order valence-corrected chi connectivity index (χ0v) is 13.8. The van der Waals surface area contributed by atoms with Crippen molar-refractivity contribution >= 4 is 11.5 Å². The van der Waals surface area contributed by atoms with Gasteiger partial charge in [0, 0.05) is 6.54 Å². The molecule has 1 atom stereocenters. The average molecular weight is 295 g/mol. The maximum Gasteiger partial charge on any atom is 0.239 e. The van der Waals surface area contributed by atoms with Crippen LogP contribution in [0.1, 0.15) is 41.0 Å². The van der Waals surface area contributed by atoms with Gasteiger partial charge >= 0.3 is 0 Å². The fourth-order valence-corrected chi connectivity index (χ4v) is 1.91. The Labute approximate surface area is 127 Å². The van der Waals surface area contributed by atoms with Crippen LogP contribution in [0.2, 0.25) is 0 Å². The van der Waals surface area contributed by atoms with Gasteiger partial charge in [-0.15, -0.1) is 0 Å². The predicted octanol–water partition coefficient (Wildman–Crippen LogP) is 2.91. The minimum absolute atomic E-state index is 0.0984. The smallest absolute Gasteiger partial charge is 0.239 e. The van der Waals surface area contributed by atoms with Crippen molar-refractivity contribution in [3.63, 3.8) is 0 Å². The summed E-state index contributed by atoms with van der Waals surface area (Å²) in [5.41, 5.74) is 6.47. The summed E-state index contributed by atoms with van der Waals surface area (Å²) in [4.78, 5) is 4.34. The van der Waals surface area contributed by atoms with Gasteiger partial charge in [-0.2, -0.15) is 4.98 Å². The molecule has 21 heavy (non-hydrogen) atoms. The molecule has 0 bridgehead atoms. The summed E-state index contributed by atoms with van der Waals surface area (Å²) < 4.78 is 5.59. The van der Waals surface area contributed by atoms with Crippen molar-refractivity contribution in [2.75, 3.05) is 24.2 Å². The highest BCUT2D eigenvalue weighted by molar-refractivity contribution is 5.53. The molecule has 0 aromatic carbocycles. The number of ether oxygens (including phenoxy) is 1. The number of rotatable bonds is 7. The first kappa shape index (κ1) is 17.6. The fourth-order valence-electron chi connectivity index (χ4n) is 1.91. The third-order valence-electron chi connectivity index (χ3n) is 2.81. The van der Waals surface area contributed by atoms with Crippen molar-refractivity contribution in [3.05, 3.63) is 12.1 Å². The van der Waals surface area contributed by atoms with Crippen molar-refractivity contribution in [2.24, 2.45) is 11.3 Å². The molecule has 1 rings (SSSR count). The van der Waals surface area contributed by atoms with Crippen molar-refractivity contribution in [1.82, 2.24) is 4.98 Å². The lowest BCUT2D eigenvalue weighted by Gasteiger charge is -2.22. The second kappa shape index (κ2) is 7.50. The van der Waals surface area contributed by atoms with E-state index in [1.165, 1.54) is 0 Å². The van der Waals surface area contributed by atoms with Crippen LogP contribution in [-0.4, -0.2) is 29.3 Å². The van der Waals surface area contributed by atoms with Gasteiger partial charge in [-0.1, -0.05) is 34.6 Å². The second-order valence-electron chi connectivity index (χ2n) is 7.10. The Balaban J connectivity index is 2.57. The molecule has 120 valence electrons. The minimum atomic E-state index is -0.413. The molecular weight excluding hydrogens is 266 g/mol. The number of aliphatic hydroxyl groups is 1. The topological polar surface area (TPSA) is 80.4 Å². The summed E-state index contributed by atoms with van der Waals surface area (Å²) in [6.45, 7) is 11.5. The number of hydrogen-bond acceptors (Lipinski definition) is 5. The Morgan fingerprint density at radius 2 is 2.00 bits per heavy atom. The van der Waals surface area contributed by atoms with E-state index in [1.54, 1.807) is 12.1 Å². The number of nitrogens with one attached hydrogen (secondary N) is 1. The standard InChI is InChI=1S/C16H29N3O2/c1-11(2)10-21-15-13(17)6-7-14(19-15)18-9-12(20)8-16(3,4)5/h6-7,11-12,20H,8-10,17H2,1-5H3,(H,18,19). The van der Waals surface area contributed by atoms with Crippen molar-refractivity contribution in [2.45, 2.75) is 47.1 Å². The second-order valence-corrected chi connectivity index (χ2v) is 7.10. The van der Waals surface area contributed by atoms with Gasteiger partial charge in [0.15, 0.2) is 0 Å². The van der Waals surface area contributed by atoms with Crippen LogP contribution >= 0.6 is 0 Å². The van der Waals surface area contributed by atoms with Gasteiger partial charge in [-0.25, -0.2) is 0 Å². The third kappa shape index (κ3) is 7.18. The molecule has 0 spiro atoms. The summed E-state index contributed by atoms with van der Waals surface area (Å²) in [7, 11) is 0. The SMILES string of the molecule is CC(C)COc1nc(NCC(O)CC(C)(C)C)ccc1N. The molecule has 0 radical (unpaired) electrons. The summed E-state index contributed by atoms with van der Waals surface area (Å²) in [5.74, 6) is 1.52. The summed E-state index contributed by atoms with van der Waals surface area (Å²) in [6.07, 6.45) is 0.315. The number of aromatic nitrogens is 1. The zero-order chi connectivity index (χ0) is 16.0. The van der Waals surface area contributed by atoms with E-state index in [-0.39, 0.29) is 5.41 Å². The van der Waals surface area contributed by atoms with Crippen LogP contribution in [0.4, 0.5) is 11.5 Å². The molecule has 0 aliphatic carbocycles. The Kier molecular flexibility index (Phi) is 6.27. The van der Waals surface area contributed by atoms with Crippen LogP contribution in [0.15, 0.2) is 12.1 Å². The van der Waals surface area contributed by atoms with E-state index >= 15 is 0 Å².